The SMILES string of the molecule is Cc1cccc(N(CCCC(=O)NCc2nc(-c3ccc(Cl)cc3)no2)S(C)(=O)=O)c1C. The summed E-state index contributed by atoms with van der Waals surface area (Å²) < 4.78 is 31.1. The van der Waals surface area contributed by atoms with Crippen LogP contribution in [0.2, 0.25) is 5.02 Å². The maximum absolute atomic E-state index is 12.3. The van der Waals surface area contributed by atoms with Gasteiger partial charge >= 0.3 is 0 Å². The van der Waals surface area contributed by atoms with Crippen molar-refractivity contribution in [1.82, 2.24) is 15.5 Å². The molecule has 0 bridgehead atoms. The first kappa shape index (κ1) is 23.7. The van der Waals surface area contributed by atoms with Crippen LogP contribution in [0.25, 0.3) is 11.4 Å². The average Bonchev–Trinajstić information content (AvgIpc) is 3.21. The summed E-state index contributed by atoms with van der Waals surface area (Å²) in [7, 11) is -3.48. The maximum Gasteiger partial charge on any atom is 0.246 e. The molecule has 2 aromatic carbocycles. The van der Waals surface area contributed by atoms with Gasteiger partial charge in [-0.15, -0.1) is 0 Å². The topological polar surface area (TPSA) is 105 Å². The highest BCUT2D eigenvalue weighted by Gasteiger charge is 2.20. The first-order valence-electron chi connectivity index (χ1n) is 10.0. The minimum Gasteiger partial charge on any atom is -0.347 e. The number of halogens is 1. The van der Waals surface area contributed by atoms with Crippen molar-refractivity contribution in [1.29, 1.82) is 0 Å². The number of hydrogen-bond acceptors (Lipinski definition) is 6. The molecule has 0 aliphatic carbocycles. The molecule has 0 aliphatic heterocycles. The van der Waals surface area contributed by atoms with Gasteiger partial charge in [-0.3, -0.25) is 9.10 Å². The van der Waals surface area contributed by atoms with Gasteiger partial charge in [-0.05, 0) is 61.7 Å². The molecule has 1 amide bonds. The monoisotopic (exact) mass is 476 g/mol. The van der Waals surface area contributed by atoms with Gasteiger partial charge in [0.25, 0.3) is 0 Å². The molecule has 0 saturated heterocycles. The molecule has 0 saturated carbocycles. The van der Waals surface area contributed by atoms with Crippen LogP contribution in [0.15, 0.2) is 47.0 Å². The zero-order chi connectivity index (χ0) is 23.3. The van der Waals surface area contributed by atoms with E-state index in [9.17, 15) is 13.2 Å². The quantitative estimate of drug-likeness (QED) is 0.502. The predicted molar refractivity (Wildman–Crippen MR) is 124 cm³/mol. The van der Waals surface area contributed by atoms with Crippen LogP contribution in [0.1, 0.15) is 29.9 Å². The number of anilines is 1. The molecule has 1 N–H and O–H groups in total. The lowest BCUT2D eigenvalue weighted by molar-refractivity contribution is -0.121. The maximum atomic E-state index is 12.3. The Kier molecular flexibility index (Phi) is 7.52. The van der Waals surface area contributed by atoms with E-state index < -0.39 is 10.0 Å². The molecule has 3 rings (SSSR count). The summed E-state index contributed by atoms with van der Waals surface area (Å²) in [6.07, 6.45) is 1.70. The lowest BCUT2D eigenvalue weighted by Gasteiger charge is -2.24. The minimum atomic E-state index is -3.48. The zero-order valence-electron chi connectivity index (χ0n) is 18.1. The van der Waals surface area contributed by atoms with Gasteiger partial charge in [0.2, 0.25) is 27.6 Å². The highest BCUT2D eigenvalue weighted by Crippen LogP contribution is 2.25. The molecule has 170 valence electrons. The molecule has 0 radical (unpaired) electrons. The van der Waals surface area contributed by atoms with Crippen molar-refractivity contribution in [3.63, 3.8) is 0 Å². The Morgan fingerprint density at radius 1 is 1.16 bits per heavy atom. The number of carbonyl (C=O) groups is 1. The number of rotatable bonds is 9. The van der Waals surface area contributed by atoms with E-state index in [1.165, 1.54) is 10.6 Å². The molecule has 0 fully saturated rings. The van der Waals surface area contributed by atoms with E-state index in [4.69, 9.17) is 16.1 Å². The van der Waals surface area contributed by atoms with E-state index in [2.05, 4.69) is 15.5 Å². The Morgan fingerprint density at radius 3 is 2.56 bits per heavy atom. The number of hydrogen-bond donors (Lipinski definition) is 1. The van der Waals surface area contributed by atoms with Gasteiger partial charge in [0.05, 0.1) is 18.5 Å². The van der Waals surface area contributed by atoms with Gasteiger partial charge < -0.3 is 9.84 Å². The van der Waals surface area contributed by atoms with E-state index in [0.29, 0.717) is 23.0 Å². The Bertz CT molecular complexity index is 1190. The Labute approximate surface area is 192 Å². The van der Waals surface area contributed by atoms with Crippen molar-refractivity contribution >= 4 is 33.2 Å². The molecular formula is C22H25ClN4O4S. The van der Waals surface area contributed by atoms with Crippen LogP contribution >= 0.6 is 11.6 Å². The fourth-order valence-electron chi connectivity index (χ4n) is 3.16. The number of carbonyl (C=O) groups excluding carboxylic acids is 1. The van der Waals surface area contributed by atoms with Gasteiger partial charge in [0, 0.05) is 23.6 Å². The summed E-state index contributed by atoms with van der Waals surface area (Å²) in [6.45, 7) is 4.12. The second-order valence-electron chi connectivity index (χ2n) is 7.45. The number of sulfonamides is 1. The number of nitrogens with one attached hydrogen (secondary N) is 1. The van der Waals surface area contributed by atoms with E-state index in [-0.39, 0.29) is 31.3 Å². The third-order valence-electron chi connectivity index (χ3n) is 5.02. The molecule has 1 heterocycles. The standard InChI is InChI=1S/C22H25ClN4O4S/c1-15-6-4-7-19(16(15)2)27(32(3,29)30)13-5-8-20(28)24-14-21-25-22(26-31-21)17-9-11-18(23)12-10-17/h4,6-7,9-12H,5,8,13-14H2,1-3H3,(H,24,28). The molecule has 0 spiro atoms. The van der Waals surface area contributed by atoms with Crippen molar-refractivity contribution < 1.29 is 17.7 Å². The predicted octanol–water partition coefficient (Wildman–Crippen LogP) is 3.87. The fraction of sp³-hybridized carbons (Fsp3) is 0.318. The summed E-state index contributed by atoms with van der Waals surface area (Å²) in [5.41, 5.74) is 3.29. The zero-order valence-corrected chi connectivity index (χ0v) is 19.7. The van der Waals surface area contributed by atoms with Crippen molar-refractivity contribution in [2.75, 3.05) is 17.1 Å². The molecule has 32 heavy (non-hydrogen) atoms. The summed E-state index contributed by atoms with van der Waals surface area (Å²) in [6, 6.07) is 12.5. The van der Waals surface area contributed by atoms with E-state index >= 15 is 0 Å². The summed E-state index contributed by atoms with van der Waals surface area (Å²) in [4.78, 5) is 16.5. The highest BCUT2D eigenvalue weighted by molar-refractivity contribution is 7.92. The lowest BCUT2D eigenvalue weighted by Crippen LogP contribution is -2.32. The van der Waals surface area contributed by atoms with Crippen LogP contribution in [0.3, 0.4) is 0 Å². The smallest absolute Gasteiger partial charge is 0.246 e. The Morgan fingerprint density at radius 2 is 1.88 bits per heavy atom. The van der Waals surface area contributed by atoms with Gasteiger partial charge in [-0.25, -0.2) is 8.42 Å². The van der Waals surface area contributed by atoms with E-state index in [1.54, 1.807) is 30.3 Å². The second kappa shape index (κ2) is 10.1. The number of aryl methyl sites for hydroxylation is 1. The van der Waals surface area contributed by atoms with Crippen LogP contribution < -0.4 is 9.62 Å². The molecule has 10 heteroatoms. The molecule has 1 aromatic heterocycles. The molecule has 8 nitrogen and oxygen atoms in total. The van der Waals surface area contributed by atoms with E-state index in [0.717, 1.165) is 16.7 Å². The Hall–Kier alpha value is -2.91. The molecule has 0 aliphatic rings. The summed E-state index contributed by atoms with van der Waals surface area (Å²) in [5, 5.41) is 7.23. The van der Waals surface area contributed by atoms with Crippen LogP contribution in [-0.2, 0) is 21.4 Å². The van der Waals surface area contributed by atoms with Crippen LogP contribution in [0.4, 0.5) is 5.69 Å². The van der Waals surface area contributed by atoms with Crippen molar-refractivity contribution in [2.24, 2.45) is 0 Å². The summed E-state index contributed by atoms with van der Waals surface area (Å²) >= 11 is 5.88. The Balaban J connectivity index is 1.53. The van der Waals surface area contributed by atoms with E-state index in [1.807, 2.05) is 26.0 Å². The first-order valence-corrected chi connectivity index (χ1v) is 12.3. The number of benzene rings is 2. The number of nitrogens with zero attached hydrogens (tertiary/aromatic N) is 3. The third-order valence-corrected chi connectivity index (χ3v) is 6.45. The summed E-state index contributed by atoms with van der Waals surface area (Å²) in [5.74, 6) is 0.449. The van der Waals surface area contributed by atoms with Gasteiger partial charge in [-0.1, -0.05) is 28.9 Å². The molecule has 0 atom stereocenters. The first-order chi connectivity index (χ1) is 15.1. The molecule has 0 unspecified atom stereocenters. The normalized spacial score (nSPS) is 11.4. The molecule has 3 aromatic rings. The lowest BCUT2D eigenvalue weighted by atomic mass is 10.1. The average molecular weight is 477 g/mol. The fourth-order valence-corrected chi connectivity index (χ4v) is 4.30. The number of aromatic nitrogens is 2. The number of amides is 1. The van der Waals surface area contributed by atoms with Crippen LogP contribution in [0.5, 0.6) is 0 Å². The van der Waals surface area contributed by atoms with Crippen LogP contribution in [0, 0.1) is 13.8 Å². The van der Waals surface area contributed by atoms with Crippen LogP contribution in [-0.4, -0.2) is 37.3 Å². The second-order valence-corrected chi connectivity index (χ2v) is 9.80. The minimum absolute atomic E-state index is 0.0895. The van der Waals surface area contributed by atoms with Crippen molar-refractivity contribution in [2.45, 2.75) is 33.2 Å². The van der Waals surface area contributed by atoms with Gasteiger partial charge in [0.1, 0.15) is 0 Å². The third kappa shape index (κ3) is 6.08. The largest absolute Gasteiger partial charge is 0.347 e. The van der Waals surface area contributed by atoms with Crippen molar-refractivity contribution in [3.8, 4) is 11.4 Å². The highest BCUT2D eigenvalue weighted by atomic mass is 35.5. The van der Waals surface area contributed by atoms with Gasteiger partial charge in [-0.2, -0.15) is 4.98 Å². The van der Waals surface area contributed by atoms with Crippen molar-refractivity contribution in [3.05, 3.63) is 64.5 Å². The molecular weight excluding hydrogens is 452 g/mol. The van der Waals surface area contributed by atoms with Gasteiger partial charge in [0.15, 0.2) is 0 Å².